The van der Waals surface area contributed by atoms with Gasteiger partial charge in [0.05, 0.1) is 13.0 Å². The number of rotatable bonds is 4. The average molecular weight is 325 g/mol. The van der Waals surface area contributed by atoms with Crippen LogP contribution in [0.3, 0.4) is 0 Å². The Balaban J connectivity index is 2.18. The van der Waals surface area contributed by atoms with Crippen molar-refractivity contribution in [1.29, 1.82) is 0 Å². The predicted octanol–water partition coefficient (Wildman–Crippen LogP) is 4.19. The van der Waals surface area contributed by atoms with Crippen molar-refractivity contribution in [2.45, 2.75) is 39.3 Å². The predicted molar refractivity (Wildman–Crippen MR) is 93.4 cm³/mol. The highest BCUT2D eigenvalue weighted by molar-refractivity contribution is 5.93. The van der Waals surface area contributed by atoms with Crippen molar-refractivity contribution < 1.29 is 14.3 Å². The molecule has 0 spiro atoms. The van der Waals surface area contributed by atoms with Gasteiger partial charge in [-0.1, -0.05) is 60.7 Å². The van der Waals surface area contributed by atoms with Gasteiger partial charge < -0.3 is 4.74 Å². The van der Waals surface area contributed by atoms with Crippen molar-refractivity contribution >= 4 is 12.0 Å². The smallest absolute Gasteiger partial charge is 0.417 e. The van der Waals surface area contributed by atoms with Crippen LogP contribution in [-0.4, -0.2) is 22.5 Å². The molecule has 4 heteroatoms. The van der Waals surface area contributed by atoms with Crippen molar-refractivity contribution in [2.24, 2.45) is 0 Å². The maximum atomic E-state index is 12.7. The number of carbonyl (C=O) groups excluding carboxylic acids is 2. The maximum Gasteiger partial charge on any atom is 0.417 e. The van der Waals surface area contributed by atoms with Crippen LogP contribution in [-0.2, 0) is 22.5 Å². The molecule has 0 aliphatic heterocycles. The molecule has 0 radical (unpaired) electrons. The van der Waals surface area contributed by atoms with E-state index in [1.165, 1.54) is 4.90 Å². The molecule has 0 bridgehead atoms. The third kappa shape index (κ3) is 5.54. The van der Waals surface area contributed by atoms with Gasteiger partial charge in [0.25, 0.3) is 0 Å². The minimum atomic E-state index is -0.654. The van der Waals surface area contributed by atoms with Crippen LogP contribution in [0.4, 0.5) is 4.79 Å². The van der Waals surface area contributed by atoms with E-state index in [-0.39, 0.29) is 18.9 Å². The molecular weight excluding hydrogens is 302 g/mol. The van der Waals surface area contributed by atoms with E-state index in [1.807, 2.05) is 60.7 Å². The molecule has 24 heavy (non-hydrogen) atoms. The largest absolute Gasteiger partial charge is 0.443 e. The Morgan fingerprint density at radius 3 is 1.88 bits per heavy atom. The number of imide groups is 1. The maximum absolute atomic E-state index is 12.7. The molecule has 0 saturated carbocycles. The Morgan fingerprint density at radius 2 is 1.38 bits per heavy atom. The van der Waals surface area contributed by atoms with Gasteiger partial charge in [-0.25, -0.2) is 9.69 Å². The van der Waals surface area contributed by atoms with Crippen LogP contribution in [0.25, 0.3) is 0 Å². The zero-order valence-corrected chi connectivity index (χ0v) is 14.4. The summed E-state index contributed by atoms with van der Waals surface area (Å²) in [5, 5.41) is 0. The van der Waals surface area contributed by atoms with Crippen LogP contribution in [0.2, 0.25) is 0 Å². The van der Waals surface area contributed by atoms with E-state index in [1.54, 1.807) is 20.8 Å². The second kappa shape index (κ2) is 7.77. The van der Waals surface area contributed by atoms with Gasteiger partial charge in [-0.2, -0.15) is 0 Å². The van der Waals surface area contributed by atoms with Gasteiger partial charge in [-0.3, -0.25) is 4.79 Å². The van der Waals surface area contributed by atoms with Crippen LogP contribution in [0, 0.1) is 0 Å². The van der Waals surface area contributed by atoms with E-state index in [0.717, 1.165) is 11.1 Å². The van der Waals surface area contributed by atoms with Crippen molar-refractivity contribution in [3.05, 3.63) is 71.8 Å². The molecule has 0 N–H and O–H groups in total. The van der Waals surface area contributed by atoms with E-state index in [9.17, 15) is 9.59 Å². The van der Waals surface area contributed by atoms with Crippen molar-refractivity contribution in [2.75, 3.05) is 0 Å². The lowest BCUT2D eigenvalue weighted by molar-refractivity contribution is -0.130. The lowest BCUT2D eigenvalue weighted by Gasteiger charge is -2.26. The minimum Gasteiger partial charge on any atom is -0.443 e. The van der Waals surface area contributed by atoms with Gasteiger partial charge in [0.2, 0.25) is 5.91 Å². The van der Waals surface area contributed by atoms with Gasteiger partial charge in [-0.05, 0) is 31.9 Å². The fourth-order valence-corrected chi connectivity index (χ4v) is 2.20. The molecule has 0 atom stereocenters. The summed E-state index contributed by atoms with van der Waals surface area (Å²) in [5.74, 6) is -0.278. The average Bonchev–Trinajstić information content (AvgIpc) is 2.52. The van der Waals surface area contributed by atoms with Crippen molar-refractivity contribution in [3.63, 3.8) is 0 Å². The van der Waals surface area contributed by atoms with Crippen LogP contribution in [0.1, 0.15) is 31.9 Å². The molecule has 0 aliphatic rings. The highest BCUT2D eigenvalue weighted by atomic mass is 16.6. The zero-order chi connectivity index (χ0) is 17.6. The molecule has 0 saturated heterocycles. The lowest BCUT2D eigenvalue weighted by Crippen LogP contribution is -2.41. The fraction of sp³-hybridized carbons (Fsp3) is 0.300. The second-order valence-corrected chi connectivity index (χ2v) is 6.61. The lowest BCUT2D eigenvalue weighted by atomic mass is 10.1. The number of hydrogen-bond donors (Lipinski definition) is 0. The molecule has 0 aliphatic carbocycles. The number of carbonyl (C=O) groups is 2. The van der Waals surface area contributed by atoms with Crippen LogP contribution < -0.4 is 0 Å². The van der Waals surface area contributed by atoms with E-state index >= 15 is 0 Å². The highest BCUT2D eigenvalue weighted by Crippen LogP contribution is 2.14. The quantitative estimate of drug-likeness (QED) is 0.846. The van der Waals surface area contributed by atoms with Gasteiger partial charge >= 0.3 is 6.09 Å². The molecule has 2 aromatic carbocycles. The minimum absolute atomic E-state index is 0.160. The molecule has 2 aromatic rings. The summed E-state index contributed by atoms with van der Waals surface area (Å²) in [4.78, 5) is 26.3. The molecule has 2 rings (SSSR count). The summed E-state index contributed by atoms with van der Waals surface area (Å²) in [5.41, 5.74) is 1.09. The number of amides is 2. The van der Waals surface area contributed by atoms with Crippen molar-refractivity contribution in [1.82, 2.24) is 4.90 Å². The van der Waals surface area contributed by atoms with Gasteiger partial charge in [0.15, 0.2) is 0 Å². The third-order valence-electron chi connectivity index (χ3n) is 3.30. The topological polar surface area (TPSA) is 46.6 Å². The number of ether oxygens (including phenoxy) is 1. The van der Waals surface area contributed by atoms with Crippen LogP contribution in [0.15, 0.2) is 60.7 Å². The second-order valence-electron chi connectivity index (χ2n) is 6.61. The molecule has 0 fully saturated rings. The fourth-order valence-electron chi connectivity index (χ4n) is 2.20. The molecule has 4 nitrogen and oxygen atoms in total. The molecule has 0 heterocycles. The Labute approximate surface area is 143 Å². The zero-order valence-electron chi connectivity index (χ0n) is 14.4. The molecule has 0 unspecified atom stereocenters. The van der Waals surface area contributed by atoms with E-state index in [4.69, 9.17) is 4.74 Å². The van der Waals surface area contributed by atoms with Crippen molar-refractivity contribution in [3.8, 4) is 0 Å². The monoisotopic (exact) mass is 325 g/mol. The first-order valence-electron chi connectivity index (χ1n) is 7.96. The van der Waals surface area contributed by atoms with E-state index in [0.29, 0.717) is 0 Å². The first-order chi connectivity index (χ1) is 11.3. The Morgan fingerprint density at radius 1 is 0.875 bits per heavy atom. The summed E-state index contributed by atoms with van der Waals surface area (Å²) in [6.45, 7) is 5.55. The normalized spacial score (nSPS) is 11.0. The Hall–Kier alpha value is -2.62. The molecule has 126 valence electrons. The van der Waals surface area contributed by atoms with E-state index < -0.39 is 11.7 Å². The highest BCUT2D eigenvalue weighted by Gasteiger charge is 2.27. The van der Waals surface area contributed by atoms with Crippen LogP contribution >= 0.6 is 0 Å². The van der Waals surface area contributed by atoms with E-state index in [2.05, 4.69) is 0 Å². The number of nitrogens with zero attached hydrogens (tertiary/aromatic N) is 1. The summed E-state index contributed by atoms with van der Waals surface area (Å²) in [6, 6.07) is 18.8. The third-order valence-corrected chi connectivity index (χ3v) is 3.30. The standard InChI is InChI=1S/C20H23NO3/c1-20(2,3)24-19(23)21(15-17-12-8-5-9-13-17)18(22)14-16-10-6-4-7-11-16/h4-13H,14-15H2,1-3H3. The molecule has 0 aromatic heterocycles. The van der Waals surface area contributed by atoms with Crippen LogP contribution in [0.5, 0.6) is 0 Å². The summed E-state index contributed by atoms with van der Waals surface area (Å²) >= 11 is 0. The SMILES string of the molecule is CC(C)(C)OC(=O)N(Cc1ccccc1)C(=O)Cc1ccccc1. The first-order valence-corrected chi connectivity index (χ1v) is 7.96. The Kier molecular flexibility index (Phi) is 5.74. The number of benzene rings is 2. The summed E-state index contributed by atoms with van der Waals surface area (Å²) in [6.07, 6.45) is -0.459. The van der Waals surface area contributed by atoms with Gasteiger partial charge in [0, 0.05) is 0 Å². The summed E-state index contributed by atoms with van der Waals surface area (Å²) in [7, 11) is 0. The number of hydrogen-bond acceptors (Lipinski definition) is 3. The van der Waals surface area contributed by atoms with Gasteiger partial charge in [-0.15, -0.1) is 0 Å². The summed E-state index contributed by atoms with van der Waals surface area (Å²) < 4.78 is 5.40. The first kappa shape index (κ1) is 17.7. The Bertz CT molecular complexity index is 675. The van der Waals surface area contributed by atoms with Gasteiger partial charge in [0.1, 0.15) is 5.60 Å². The molecular formula is C20H23NO3. The molecule has 2 amide bonds.